The van der Waals surface area contributed by atoms with E-state index in [1.165, 1.54) is 6.92 Å². The summed E-state index contributed by atoms with van der Waals surface area (Å²) in [4.78, 5) is 11.2. The number of ether oxygens (including phenoxy) is 1. The van der Waals surface area contributed by atoms with Crippen molar-refractivity contribution in [1.82, 2.24) is 5.31 Å². The van der Waals surface area contributed by atoms with E-state index in [-0.39, 0.29) is 18.1 Å². The average molecular weight is 273 g/mol. The van der Waals surface area contributed by atoms with Gasteiger partial charge < -0.3 is 10.0 Å². The van der Waals surface area contributed by atoms with E-state index in [0.29, 0.717) is 5.56 Å². The van der Waals surface area contributed by atoms with E-state index in [1.54, 1.807) is 6.07 Å². The Morgan fingerprint density at radius 1 is 1.45 bits per heavy atom. The number of amides is 1. The second-order valence-corrected chi connectivity index (χ2v) is 5.29. The molecule has 1 aromatic rings. The van der Waals surface area contributed by atoms with Crippen LogP contribution in [-0.2, 0) is 4.79 Å². The Morgan fingerprint density at radius 2 is 2.15 bits per heavy atom. The van der Waals surface area contributed by atoms with Crippen molar-refractivity contribution in [3.8, 4) is 11.8 Å². The van der Waals surface area contributed by atoms with Gasteiger partial charge in [-0.15, -0.1) is 0 Å². The van der Waals surface area contributed by atoms with Crippen LogP contribution in [0.3, 0.4) is 0 Å². The lowest BCUT2D eigenvalue weighted by Crippen LogP contribution is -2.38. The predicted molar refractivity (Wildman–Crippen MR) is 76.4 cm³/mol. The number of carbonyl (C=O) groups excluding carboxylic acids is 1. The van der Waals surface area contributed by atoms with Gasteiger partial charge in [0.15, 0.2) is 1.41 Å². The summed E-state index contributed by atoms with van der Waals surface area (Å²) in [6, 6.07) is 7.63. The van der Waals surface area contributed by atoms with E-state index in [2.05, 4.69) is 6.07 Å². The van der Waals surface area contributed by atoms with E-state index >= 15 is 0 Å². The minimum atomic E-state index is -0.206. The maximum absolute atomic E-state index is 11.2. The van der Waals surface area contributed by atoms with Crippen molar-refractivity contribution < 1.29 is 10.9 Å². The van der Waals surface area contributed by atoms with Crippen molar-refractivity contribution in [2.45, 2.75) is 51.7 Å². The van der Waals surface area contributed by atoms with E-state index in [1.807, 2.05) is 19.1 Å². The second kappa shape index (κ2) is 6.42. The van der Waals surface area contributed by atoms with Crippen LogP contribution >= 0.6 is 0 Å². The highest BCUT2D eigenvalue weighted by molar-refractivity contribution is 5.73. The standard InChI is InChI=1S/C16H20N2O2/c1-11-9-16(6-3-13(11)10-17)20-15-7-4-14(5-8-15)18-12(2)19/h3,6,9,14-15H,4-5,7-8H2,1-2H3,(H,18,19)/i/hD. The lowest BCUT2D eigenvalue weighted by molar-refractivity contribution is -0.120. The Balaban J connectivity index is 1.91. The fraction of sp³-hybridized carbons (Fsp3) is 0.500. The first-order valence-corrected chi connectivity index (χ1v) is 6.97. The normalized spacial score (nSPS) is 22.6. The third-order valence-corrected chi connectivity index (χ3v) is 3.63. The van der Waals surface area contributed by atoms with Crippen LogP contribution in [-0.4, -0.2) is 18.1 Å². The fourth-order valence-corrected chi connectivity index (χ4v) is 2.58. The third kappa shape index (κ3) is 3.74. The van der Waals surface area contributed by atoms with Crippen molar-refractivity contribution in [2.24, 2.45) is 0 Å². The van der Waals surface area contributed by atoms with E-state index in [4.69, 9.17) is 11.4 Å². The van der Waals surface area contributed by atoms with Gasteiger partial charge in [-0.25, -0.2) is 0 Å². The number of rotatable bonds is 3. The van der Waals surface area contributed by atoms with Gasteiger partial charge in [-0.1, -0.05) is 0 Å². The summed E-state index contributed by atoms with van der Waals surface area (Å²) in [7, 11) is 0. The van der Waals surface area contributed by atoms with Crippen LogP contribution in [0.5, 0.6) is 5.75 Å². The number of hydrogen-bond donors (Lipinski definition) is 1. The SMILES string of the molecule is [2H]N(C(C)=O)C1CCC(Oc2ccc(C#N)c(C)c2)CC1. The van der Waals surface area contributed by atoms with E-state index < -0.39 is 0 Å². The molecule has 1 saturated carbocycles. The second-order valence-electron chi connectivity index (χ2n) is 5.29. The molecule has 0 radical (unpaired) electrons. The number of hydrogen-bond acceptors (Lipinski definition) is 3. The molecule has 0 spiro atoms. The van der Waals surface area contributed by atoms with Crippen LogP contribution in [0.25, 0.3) is 0 Å². The van der Waals surface area contributed by atoms with Gasteiger partial charge in [-0.2, -0.15) is 5.26 Å². The van der Waals surface area contributed by atoms with Gasteiger partial charge >= 0.3 is 0 Å². The number of nitrogens with zero attached hydrogens (tertiary/aromatic N) is 1. The molecule has 0 aromatic heterocycles. The van der Waals surface area contributed by atoms with Crippen molar-refractivity contribution >= 4 is 5.91 Å². The lowest BCUT2D eigenvalue weighted by atomic mass is 9.93. The zero-order valence-corrected chi connectivity index (χ0v) is 11.9. The molecule has 1 amide bonds. The van der Waals surface area contributed by atoms with Crippen LogP contribution in [0, 0.1) is 18.3 Å². The van der Waals surface area contributed by atoms with Crippen molar-refractivity contribution in [3.05, 3.63) is 29.3 Å². The summed E-state index contributed by atoms with van der Waals surface area (Å²) in [6.45, 7) is 3.32. The molecule has 1 N–H and O–H groups in total. The third-order valence-electron chi connectivity index (χ3n) is 3.63. The first-order chi connectivity index (χ1) is 10.0. The van der Waals surface area contributed by atoms with Crippen LogP contribution in [0.4, 0.5) is 0 Å². The maximum atomic E-state index is 11.2. The van der Waals surface area contributed by atoms with Gasteiger partial charge in [0.1, 0.15) is 5.75 Å². The van der Waals surface area contributed by atoms with E-state index in [9.17, 15) is 4.79 Å². The zero-order valence-electron chi connectivity index (χ0n) is 12.9. The Labute approximate surface area is 121 Å². The topological polar surface area (TPSA) is 62.1 Å². The molecule has 2 rings (SSSR count). The Hall–Kier alpha value is -2.02. The molecule has 1 aliphatic carbocycles. The quantitative estimate of drug-likeness (QED) is 0.921. The van der Waals surface area contributed by atoms with Crippen LogP contribution in [0.1, 0.15) is 43.7 Å². The van der Waals surface area contributed by atoms with Crippen molar-refractivity contribution in [3.63, 3.8) is 0 Å². The van der Waals surface area contributed by atoms with Crippen LogP contribution in [0.2, 0.25) is 1.41 Å². The summed E-state index contributed by atoms with van der Waals surface area (Å²) in [6.07, 6.45) is 3.39. The average Bonchev–Trinajstić information content (AvgIpc) is 2.47. The minimum absolute atomic E-state index is 0.00468. The molecule has 0 aliphatic heterocycles. The molecule has 1 aromatic carbocycles. The summed E-state index contributed by atoms with van der Waals surface area (Å²) in [5.74, 6) is 0.575. The zero-order chi connectivity index (χ0) is 15.4. The lowest BCUT2D eigenvalue weighted by Gasteiger charge is -2.29. The molecule has 0 bridgehead atoms. The maximum Gasteiger partial charge on any atom is 0.217 e. The number of aryl methyl sites for hydroxylation is 1. The highest BCUT2D eigenvalue weighted by atomic mass is 16.5. The molecule has 1 fully saturated rings. The molecule has 20 heavy (non-hydrogen) atoms. The monoisotopic (exact) mass is 273 g/mol. The van der Waals surface area contributed by atoms with Gasteiger partial charge in [0, 0.05) is 13.0 Å². The molecule has 0 atom stereocenters. The highest BCUT2D eigenvalue weighted by Gasteiger charge is 2.22. The molecule has 4 heteroatoms. The molecule has 106 valence electrons. The minimum Gasteiger partial charge on any atom is -0.490 e. The molecule has 1 aliphatic rings. The number of nitrogens with one attached hydrogen (secondary N) is 1. The first kappa shape index (κ1) is 13.0. The van der Waals surface area contributed by atoms with Crippen LogP contribution in [0.15, 0.2) is 18.2 Å². The molecule has 4 nitrogen and oxygen atoms in total. The first-order valence-electron chi connectivity index (χ1n) is 7.42. The summed E-state index contributed by atoms with van der Waals surface area (Å²) in [5, 5.41) is 10.0. The fourth-order valence-electron chi connectivity index (χ4n) is 2.58. The molecular formula is C16H20N2O2. The van der Waals surface area contributed by atoms with E-state index in [0.717, 1.165) is 42.3 Å². The molecule has 0 heterocycles. The Kier molecular flexibility index (Phi) is 4.17. The molecule has 0 saturated heterocycles. The Morgan fingerprint density at radius 3 is 2.70 bits per heavy atom. The van der Waals surface area contributed by atoms with Gasteiger partial charge in [0.05, 0.1) is 17.7 Å². The largest absolute Gasteiger partial charge is 0.490 e. The number of nitriles is 1. The smallest absolute Gasteiger partial charge is 0.217 e. The predicted octanol–water partition coefficient (Wildman–Crippen LogP) is 2.69. The van der Waals surface area contributed by atoms with Gasteiger partial charge in [0.2, 0.25) is 5.91 Å². The van der Waals surface area contributed by atoms with Gasteiger partial charge in [-0.05, 0) is 56.4 Å². The highest BCUT2D eigenvalue weighted by Crippen LogP contribution is 2.25. The van der Waals surface area contributed by atoms with Crippen LogP contribution < -0.4 is 10.0 Å². The van der Waals surface area contributed by atoms with Gasteiger partial charge in [-0.3, -0.25) is 4.79 Å². The molecular weight excluding hydrogens is 252 g/mol. The van der Waals surface area contributed by atoms with Crippen molar-refractivity contribution in [2.75, 3.05) is 0 Å². The Bertz CT molecular complexity index is 560. The number of benzene rings is 1. The molecule has 0 unspecified atom stereocenters. The van der Waals surface area contributed by atoms with Gasteiger partial charge in [0.25, 0.3) is 0 Å². The van der Waals surface area contributed by atoms with Crippen molar-refractivity contribution in [1.29, 1.82) is 5.26 Å². The number of carbonyl (C=O) groups is 1. The summed E-state index contributed by atoms with van der Waals surface area (Å²) < 4.78 is 13.6. The summed E-state index contributed by atoms with van der Waals surface area (Å²) in [5.41, 5.74) is 1.58. The summed E-state index contributed by atoms with van der Waals surface area (Å²) >= 11 is 0.